The molecule has 0 heterocycles. The van der Waals surface area contributed by atoms with Gasteiger partial charge < -0.3 is 33.3 Å². The largest absolute Gasteiger partial charge is 0.545 e. The van der Waals surface area contributed by atoms with Crippen LogP contribution < -0.4 is 5.11 Å². The highest BCUT2D eigenvalue weighted by Crippen LogP contribution is 2.18. The zero-order chi connectivity index (χ0) is 52.0. The van der Waals surface area contributed by atoms with Crippen molar-refractivity contribution in [1.29, 1.82) is 0 Å². The molecule has 0 amide bonds. The summed E-state index contributed by atoms with van der Waals surface area (Å²) in [4.78, 5) is 37.3. The van der Waals surface area contributed by atoms with Gasteiger partial charge in [-0.2, -0.15) is 0 Å². The summed E-state index contributed by atoms with van der Waals surface area (Å²) in [6.07, 6.45) is 59.8. The molecule has 0 aliphatic heterocycles. The van der Waals surface area contributed by atoms with Crippen molar-refractivity contribution in [2.45, 2.75) is 322 Å². The average Bonchev–Trinajstić information content (AvgIpc) is 3.34. The molecule has 0 spiro atoms. The molecule has 0 aliphatic carbocycles. The molecule has 9 nitrogen and oxygen atoms in total. The topological polar surface area (TPSA) is 111 Å². The molecule has 0 rings (SSSR count). The Kier molecular flexibility index (Phi) is 52.8. The van der Waals surface area contributed by atoms with Crippen molar-refractivity contribution in [3.8, 4) is 0 Å². The molecule has 0 saturated heterocycles. The van der Waals surface area contributed by atoms with E-state index in [1.165, 1.54) is 244 Å². The van der Waals surface area contributed by atoms with Crippen LogP contribution in [0, 0.1) is 0 Å². The van der Waals surface area contributed by atoms with Crippen LogP contribution in [0.5, 0.6) is 0 Å². The van der Waals surface area contributed by atoms with Gasteiger partial charge in [-0.05, 0) is 38.5 Å². The third-order valence-corrected chi connectivity index (χ3v) is 14.0. The number of ether oxygens (including phenoxy) is 4. The van der Waals surface area contributed by atoms with E-state index in [0.29, 0.717) is 17.4 Å². The summed E-state index contributed by atoms with van der Waals surface area (Å²) in [6, 6.07) is 0. The fourth-order valence-electron chi connectivity index (χ4n) is 9.24. The SMILES string of the molecule is CCCCCCCCCC/C=C\CCCCCCCCCCCCCC(=O)OC(COC(=O)CCCCCCCCCCCCCCCCCCCCCCCCC)COC(OCC[N+](C)(C)C)C(=O)[O-]. The lowest BCUT2D eigenvalue weighted by atomic mass is 10.0. The minimum atomic E-state index is -1.62. The second-order valence-electron chi connectivity index (χ2n) is 22.4. The monoisotopic (exact) mass is 1010 g/mol. The summed E-state index contributed by atoms with van der Waals surface area (Å²) in [5.74, 6) is -2.26. The van der Waals surface area contributed by atoms with Crippen molar-refractivity contribution in [3.63, 3.8) is 0 Å². The van der Waals surface area contributed by atoms with E-state index in [2.05, 4.69) is 26.0 Å². The molecular weight excluding hydrogens is 887 g/mol. The van der Waals surface area contributed by atoms with Crippen molar-refractivity contribution >= 4 is 17.9 Å². The van der Waals surface area contributed by atoms with Crippen LogP contribution in [-0.2, 0) is 33.3 Å². The van der Waals surface area contributed by atoms with Crippen LogP contribution in [0.25, 0.3) is 0 Å². The number of aliphatic carboxylic acids is 1. The van der Waals surface area contributed by atoms with E-state index in [9.17, 15) is 19.5 Å². The van der Waals surface area contributed by atoms with Crippen LogP contribution >= 0.6 is 0 Å². The van der Waals surface area contributed by atoms with Gasteiger partial charge in [0.2, 0.25) is 0 Å². The Balaban J connectivity index is 4.17. The Morgan fingerprint density at radius 2 is 0.718 bits per heavy atom. The number of esters is 2. The summed E-state index contributed by atoms with van der Waals surface area (Å²) in [6.45, 7) is 4.81. The quantitative estimate of drug-likeness (QED) is 0.0195. The molecule has 0 aliphatic rings. The highest BCUT2D eigenvalue weighted by Gasteiger charge is 2.22. The highest BCUT2D eigenvalue weighted by molar-refractivity contribution is 5.70. The van der Waals surface area contributed by atoms with Crippen LogP contribution in [0.15, 0.2) is 12.2 Å². The maximum atomic E-state index is 12.9. The van der Waals surface area contributed by atoms with Crippen LogP contribution in [-0.4, -0.2) is 82.3 Å². The number of nitrogens with zero attached hydrogens (tertiary/aromatic N) is 1. The van der Waals surface area contributed by atoms with Gasteiger partial charge in [-0.15, -0.1) is 0 Å². The summed E-state index contributed by atoms with van der Waals surface area (Å²) in [5, 5.41) is 11.8. The molecule has 0 saturated carbocycles. The summed E-state index contributed by atoms with van der Waals surface area (Å²) < 4.78 is 22.8. The predicted octanol–water partition coefficient (Wildman–Crippen LogP) is 16.8. The smallest absolute Gasteiger partial charge is 0.306 e. The average molecular weight is 1010 g/mol. The zero-order valence-electron chi connectivity index (χ0n) is 47.9. The van der Waals surface area contributed by atoms with Crippen molar-refractivity contribution < 1.29 is 42.9 Å². The number of hydrogen-bond acceptors (Lipinski definition) is 8. The minimum absolute atomic E-state index is 0.151. The number of carboxylic acids is 1. The second kappa shape index (κ2) is 54.3. The molecule has 9 heteroatoms. The van der Waals surface area contributed by atoms with Gasteiger partial charge in [0.15, 0.2) is 12.4 Å². The van der Waals surface area contributed by atoms with Crippen molar-refractivity contribution in [3.05, 3.63) is 12.2 Å². The van der Waals surface area contributed by atoms with Gasteiger partial charge in [0.1, 0.15) is 13.2 Å². The number of likely N-dealkylation sites (N-methyl/N-ethyl adjacent to an activating group) is 1. The van der Waals surface area contributed by atoms with E-state index in [1.54, 1.807) is 0 Å². The number of unbranched alkanes of at least 4 members (excludes halogenated alkanes) is 41. The highest BCUT2D eigenvalue weighted by atomic mass is 16.7. The Morgan fingerprint density at radius 1 is 0.408 bits per heavy atom. The van der Waals surface area contributed by atoms with Crippen LogP contribution in [0.3, 0.4) is 0 Å². The predicted molar refractivity (Wildman–Crippen MR) is 297 cm³/mol. The molecule has 0 aromatic heterocycles. The fourth-order valence-corrected chi connectivity index (χ4v) is 9.24. The van der Waals surface area contributed by atoms with E-state index in [-0.39, 0.29) is 32.2 Å². The number of rotatable bonds is 58. The third kappa shape index (κ3) is 55.6. The van der Waals surface area contributed by atoms with Crippen molar-refractivity contribution in [2.24, 2.45) is 0 Å². The standard InChI is InChI=1S/C62H119NO8/c1-6-8-10-12-14-16-18-20-22-24-26-28-30-32-34-36-38-40-42-44-46-48-50-52-59(64)69-56-58(57-70-62(61(66)67)68-55-54-63(3,4)5)71-60(65)53-51-49-47-45-43-41-39-37-35-33-31-29-27-25-23-21-19-17-15-13-11-9-7-2/h25,27,58,62H,6-24,26,28-57H2,1-5H3/b27-25-. The van der Waals surface area contributed by atoms with Crippen LogP contribution in [0.4, 0.5) is 0 Å². The molecule has 2 unspecified atom stereocenters. The van der Waals surface area contributed by atoms with Crippen LogP contribution in [0.2, 0.25) is 0 Å². The van der Waals surface area contributed by atoms with E-state index in [1.807, 2.05) is 21.1 Å². The molecule has 0 aromatic rings. The summed E-state index contributed by atoms with van der Waals surface area (Å²) in [5.41, 5.74) is 0. The number of hydrogen-bond donors (Lipinski definition) is 0. The molecule has 2 atom stereocenters. The lowest BCUT2D eigenvalue weighted by Gasteiger charge is -2.26. The Hall–Kier alpha value is -1.97. The summed E-state index contributed by atoms with van der Waals surface area (Å²) in [7, 11) is 5.94. The number of allylic oxidation sites excluding steroid dienone is 2. The van der Waals surface area contributed by atoms with Gasteiger partial charge in [0.05, 0.1) is 40.3 Å². The first-order valence-corrected chi connectivity index (χ1v) is 30.8. The Morgan fingerprint density at radius 3 is 1.04 bits per heavy atom. The van der Waals surface area contributed by atoms with Crippen molar-refractivity contribution in [2.75, 3.05) is 47.5 Å². The molecule has 71 heavy (non-hydrogen) atoms. The van der Waals surface area contributed by atoms with E-state index >= 15 is 0 Å². The number of carbonyl (C=O) groups excluding carboxylic acids is 3. The number of carboxylic acid groups (broad SMARTS) is 1. The Bertz CT molecular complexity index is 1170. The van der Waals surface area contributed by atoms with Gasteiger partial charge in [-0.3, -0.25) is 9.59 Å². The Labute approximate surface area is 440 Å². The second-order valence-corrected chi connectivity index (χ2v) is 22.4. The first-order chi connectivity index (χ1) is 34.6. The first-order valence-electron chi connectivity index (χ1n) is 30.8. The molecule has 0 fully saturated rings. The van der Waals surface area contributed by atoms with Gasteiger partial charge in [0, 0.05) is 12.8 Å². The number of quaternary nitrogens is 1. The third-order valence-electron chi connectivity index (χ3n) is 14.0. The summed E-state index contributed by atoms with van der Waals surface area (Å²) >= 11 is 0. The zero-order valence-corrected chi connectivity index (χ0v) is 47.9. The molecular formula is C62H119NO8. The molecule has 420 valence electrons. The first kappa shape index (κ1) is 69.0. The fraction of sp³-hybridized carbons (Fsp3) is 0.919. The minimum Gasteiger partial charge on any atom is -0.545 e. The van der Waals surface area contributed by atoms with E-state index in [4.69, 9.17) is 18.9 Å². The van der Waals surface area contributed by atoms with Gasteiger partial charge in [-0.1, -0.05) is 270 Å². The molecule has 0 aromatic carbocycles. The van der Waals surface area contributed by atoms with Crippen LogP contribution in [0.1, 0.15) is 309 Å². The maximum Gasteiger partial charge on any atom is 0.306 e. The molecule has 0 bridgehead atoms. The number of carbonyl (C=O) groups is 3. The lowest BCUT2D eigenvalue weighted by Crippen LogP contribution is -2.44. The van der Waals surface area contributed by atoms with Crippen molar-refractivity contribution in [1.82, 2.24) is 0 Å². The van der Waals surface area contributed by atoms with Gasteiger partial charge in [0.25, 0.3) is 0 Å². The molecule has 0 radical (unpaired) electrons. The molecule has 0 N–H and O–H groups in total. The van der Waals surface area contributed by atoms with E-state index in [0.717, 1.165) is 38.5 Å². The normalized spacial score (nSPS) is 12.7. The van der Waals surface area contributed by atoms with Gasteiger partial charge in [-0.25, -0.2) is 0 Å². The lowest BCUT2D eigenvalue weighted by molar-refractivity contribution is -0.870. The van der Waals surface area contributed by atoms with Gasteiger partial charge >= 0.3 is 11.9 Å². The maximum absolute atomic E-state index is 12.9. The van der Waals surface area contributed by atoms with E-state index < -0.39 is 24.3 Å².